The lowest BCUT2D eigenvalue weighted by Crippen LogP contribution is -2.44. The molecule has 3 aromatic rings. The standard InChI is InChI=1S/C26H29N7O4S2/c1-17-16-38-25(29-17)39(35,36)26(8-9-26)21-14-22(33-12-13-37-15-18(33)2)32-23(31-21)19-4-6-20(7-5-19)30-24(34)28-11-3-10-27/h4-7,14,16,18H,3,8-9,11-13,15H2,1-2H3,(H2,28,30,34)/t18-/m0/s1. The fourth-order valence-electron chi connectivity index (χ4n) is 4.52. The molecule has 1 saturated heterocycles. The van der Waals surface area contributed by atoms with Crippen molar-refractivity contribution in [3.63, 3.8) is 0 Å². The Labute approximate surface area is 231 Å². The van der Waals surface area contributed by atoms with Crippen molar-refractivity contribution in [1.82, 2.24) is 20.3 Å². The lowest BCUT2D eigenvalue weighted by Gasteiger charge is -2.34. The number of ether oxygens (including phenoxy) is 1. The Morgan fingerprint density at radius 1 is 1.26 bits per heavy atom. The maximum Gasteiger partial charge on any atom is 0.319 e. The summed E-state index contributed by atoms with van der Waals surface area (Å²) in [5.41, 5.74) is 2.39. The first kappa shape index (κ1) is 27.0. The normalized spacial score (nSPS) is 18.3. The summed E-state index contributed by atoms with van der Waals surface area (Å²) in [7, 11) is -3.75. The number of nitriles is 1. The van der Waals surface area contributed by atoms with E-state index >= 15 is 0 Å². The van der Waals surface area contributed by atoms with Gasteiger partial charge < -0.3 is 20.3 Å². The van der Waals surface area contributed by atoms with Gasteiger partial charge >= 0.3 is 6.03 Å². The Hall–Kier alpha value is -3.60. The van der Waals surface area contributed by atoms with Gasteiger partial charge in [0.1, 0.15) is 10.6 Å². The number of carbonyl (C=O) groups excluding carboxylic acids is 1. The molecule has 204 valence electrons. The second kappa shape index (κ2) is 10.9. The van der Waals surface area contributed by atoms with Crippen LogP contribution in [0.1, 0.15) is 37.6 Å². The third-order valence-corrected chi connectivity index (χ3v) is 10.7. The average molecular weight is 568 g/mol. The number of sulfone groups is 1. The van der Waals surface area contributed by atoms with Crippen LogP contribution in [0, 0.1) is 18.3 Å². The summed E-state index contributed by atoms with van der Waals surface area (Å²) in [6.07, 6.45) is 1.15. The summed E-state index contributed by atoms with van der Waals surface area (Å²) in [6, 6.07) is 10.5. The molecule has 1 aromatic carbocycles. The number of benzene rings is 1. The van der Waals surface area contributed by atoms with Crippen molar-refractivity contribution in [2.75, 3.05) is 36.5 Å². The zero-order valence-electron chi connectivity index (χ0n) is 21.7. The van der Waals surface area contributed by atoms with Crippen LogP contribution in [0.15, 0.2) is 40.1 Å². The highest BCUT2D eigenvalue weighted by Crippen LogP contribution is 2.55. The number of aryl methyl sites for hydroxylation is 1. The molecule has 39 heavy (non-hydrogen) atoms. The predicted octanol–water partition coefficient (Wildman–Crippen LogP) is 3.63. The van der Waals surface area contributed by atoms with Crippen molar-refractivity contribution in [2.45, 2.75) is 48.2 Å². The maximum absolute atomic E-state index is 13.8. The van der Waals surface area contributed by atoms with Crippen LogP contribution in [0.25, 0.3) is 11.4 Å². The monoisotopic (exact) mass is 567 g/mol. The van der Waals surface area contributed by atoms with E-state index in [-0.39, 0.29) is 23.3 Å². The first-order valence-corrected chi connectivity index (χ1v) is 15.0. The number of nitrogens with one attached hydrogen (secondary N) is 2. The van der Waals surface area contributed by atoms with Crippen molar-refractivity contribution in [2.24, 2.45) is 0 Å². The van der Waals surface area contributed by atoms with Gasteiger partial charge in [0.25, 0.3) is 0 Å². The molecule has 0 radical (unpaired) electrons. The van der Waals surface area contributed by atoms with E-state index in [0.29, 0.717) is 66.9 Å². The fraction of sp³-hybridized carbons (Fsp3) is 0.423. The number of hydrogen-bond acceptors (Lipinski definition) is 10. The largest absolute Gasteiger partial charge is 0.377 e. The van der Waals surface area contributed by atoms with Gasteiger partial charge in [-0.05, 0) is 51.0 Å². The minimum Gasteiger partial charge on any atom is -0.377 e. The molecule has 1 aliphatic heterocycles. The number of anilines is 2. The fourth-order valence-corrected chi connectivity index (χ4v) is 7.79. The third kappa shape index (κ3) is 5.45. The SMILES string of the molecule is Cc1csc(S(=O)(=O)C2(c3cc(N4CCOC[C@@H]4C)nc(-c4ccc(NC(=O)NCCC#N)cc4)n3)CC2)n1. The van der Waals surface area contributed by atoms with Gasteiger partial charge in [0.05, 0.1) is 37.4 Å². The molecule has 3 heterocycles. The van der Waals surface area contributed by atoms with Gasteiger partial charge in [-0.25, -0.2) is 28.2 Å². The van der Waals surface area contributed by atoms with Gasteiger partial charge in [0.15, 0.2) is 5.82 Å². The van der Waals surface area contributed by atoms with Crippen LogP contribution in [0.5, 0.6) is 0 Å². The summed E-state index contributed by atoms with van der Waals surface area (Å²) in [5.74, 6) is 1.06. The zero-order chi connectivity index (χ0) is 27.6. The van der Waals surface area contributed by atoms with Crippen LogP contribution >= 0.6 is 11.3 Å². The molecule has 0 unspecified atom stereocenters. The van der Waals surface area contributed by atoms with Gasteiger partial charge in [-0.3, -0.25) is 0 Å². The van der Waals surface area contributed by atoms with Crippen LogP contribution in [0.2, 0.25) is 0 Å². The number of urea groups is 1. The Morgan fingerprint density at radius 2 is 2.03 bits per heavy atom. The van der Waals surface area contributed by atoms with Crippen molar-refractivity contribution in [3.8, 4) is 17.5 Å². The summed E-state index contributed by atoms with van der Waals surface area (Å²) in [5, 5.41) is 15.7. The number of aromatic nitrogens is 3. The molecule has 1 aliphatic carbocycles. The number of morpholine rings is 1. The summed E-state index contributed by atoms with van der Waals surface area (Å²) < 4.78 is 32.1. The van der Waals surface area contributed by atoms with E-state index in [2.05, 4.69) is 20.5 Å². The first-order chi connectivity index (χ1) is 18.7. The highest BCUT2D eigenvalue weighted by molar-refractivity contribution is 7.94. The molecule has 1 atom stereocenters. The predicted molar refractivity (Wildman–Crippen MR) is 147 cm³/mol. The maximum atomic E-state index is 13.8. The number of hydrogen-bond donors (Lipinski definition) is 2. The molecule has 2 amide bonds. The highest BCUT2D eigenvalue weighted by Gasteiger charge is 2.59. The molecule has 0 bridgehead atoms. The molecule has 2 fully saturated rings. The second-order valence-corrected chi connectivity index (χ2v) is 13.0. The molecule has 5 rings (SSSR count). The third-order valence-electron chi connectivity index (χ3n) is 6.81. The van der Waals surface area contributed by atoms with Crippen LogP contribution < -0.4 is 15.5 Å². The Morgan fingerprint density at radius 3 is 2.67 bits per heavy atom. The number of thiazole rings is 1. The van der Waals surface area contributed by atoms with E-state index in [9.17, 15) is 13.2 Å². The second-order valence-electron chi connectivity index (χ2n) is 9.67. The quantitative estimate of drug-likeness (QED) is 0.389. The number of carbonyl (C=O) groups is 1. The van der Waals surface area contributed by atoms with Crippen LogP contribution in [0.3, 0.4) is 0 Å². The van der Waals surface area contributed by atoms with Crippen LogP contribution in [-0.4, -0.2) is 61.7 Å². The summed E-state index contributed by atoms with van der Waals surface area (Å²) in [4.78, 5) is 28.1. The van der Waals surface area contributed by atoms with E-state index in [0.717, 1.165) is 11.3 Å². The highest BCUT2D eigenvalue weighted by atomic mass is 32.2. The first-order valence-electron chi connectivity index (χ1n) is 12.7. The van der Waals surface area contributed by atoms with Gasteiger partial charge in [0, 0.05) is 41.5 Å². The molecule has 2 N–H and O–H groups in total. The minimum atomic E-state index is -3.75. The molecule has 13 heteroatoms. The van der Waals surface area contributed by atoms with E-state index in [1.54, 1.807) is 42.6 Å². The van der Waals surface area contributed by atoms with E-state index in [1.165, 1.54) is 0 Å². The number of rotatable bonds is 8. The van der Waals surface area contributed by atoms with Crippen LogP contribution in [-0.2, 0) is 19.3 Å². The van der Waals surface area contributed by atoms with Crippen LogP contribution in [0.4, 0.5) is 16.3 Å². The van der Waals surface area contributed by atoms with Gasteiger partial charge in [-0.1, -0.05) is 0 Å². The topological polar surface area (TPSA) is 150 Å². The molecular weight excluding hydrogens is 538 g/mol. The molecule has 2 aliphatic rings. The summed E-state index contributed by atoms with van der Waals surface area (Å²) >= 11 is 1.14. The van der Waals surface area contributed by atoms with E-state index in [1.807, 2.05) is 13.0 Å². The van der Waals surface area contributed by atoms with Crippen molar-refractivity contribution >= 4 is 38.7 Å². The molecule has 2 aromatic heterocycles. The lowest BCUT2D eigenvalue weighted by molar-refractivity contribution is 0.0985. The molecular formula is C26H29N7O4S2. The Bertz CT molecular complexity index is 1510. The lowest BCUT2D eigenvalue weighted by atomic mass is 10.1. The Kier molecular flexibility index (Phi) is 7.53. The number of amides is 2. The van der Waals surface area contributed by atoms with Gasteiger partial charge in [0.2, 0.25) is 14.2 Å². The summed E-state index contributed by atoms with van der Waals surface area (Å²) in [6.45, 7) is 5.82. The molecule has 1 saturated carbocycles. The van der Waals surface area contributed by atoms with Crippen molar-refractivity contribution in [1.29, 1.82) is 5.26 Å². The molecule has 11 nitrogen and oxygen atoms in total. The zero-order valence-corrected chi connectivity index (χ0v) is 23.3. The van der Waals surface area contributed by atoms with Gasteiger partial charge in [-0.15, -0.1) is 11.3 Å². The number of nitrogens with zero attached hydrogens (tertiary/aromatic N) is 5. The smallest absolute Gasteiger partial charge is 0.319 e. The minimum absolute atomic E-state index is 0.0637. The van der Waals surface area contributed by atoms with E-state index < -0.39 is 20.6 Å². The van der Waals surface area contributed by atoms with E-state index in [4.69, 9.17) is 20.0 Å². The van der Waals surface area contributed by atoms with Crippen molar-refractivity contribution in [3.05, 3.63) is 47.1 Å². The molecule has 0 spiro atoms. The van der Waals surface area contributed by atoms with Crippen molar-refractivity contribution < 1.29 is 17.9 Å². The average Bonchev–Trinajstić information content (AvgIpc) is 3.64. The van der Waals surface area contributed by atoms with Gasteiger partial charge in [-0.2, -0.15) is 5.26 Å². The Balaban J connectivity index is 1.50.